The molecule has 2 nitrogen and oxygen atoms in total. The molecule has 1 spiro atoms. The molecule has 3 heteroatoms. The molecule has 0 bridgehead atoms. The Balaban J connectivity index is 1.84. The molecule has 0 aliphatic heterocycles. The van der Waals surface area contributed by atoms with Crippen LogP contribution in [0.2, 0.25) is 0 Å². The zero-order valence-corrected chi connectivity index (χ0v) is 10.3. The van der Waals surface area contributed by atoms with Gasteiger partial charge in [-0.3, -0.25) is 0 Å². The van der Waals surface area contributed by atoms with Crippen molar-refractivity contribution in [3.8, 4) is 0 Å². The van der Waals surface area contributed by atoms with E-state index in [2.05, 4.69) is 0 Å². The molecule has 2 unspecified atom stereocenters. The number of rotatable bonds is 4. The number of methoxy groups -OCH3 is 1. The van der Waals surface area contributed by atoms with E-state index in [9.17, 15) is 0 Å². The fraction of sp³-hybridized carbons (Fsp3) is 1.00. The number of hydrogen-bond donors (Lipinski definition) is 0. The van der Waals surface area contributed by atoms with Gasteiger partial charge in [-0.25, -0.2) is 0 Å². The topological polar surface area (TPSA) is 18.5 Å². The summed E-state index contributed by atoms with van der Waals surface area (Å²) < 4.78 is 10.9. The summed E-state index contributed by atoms with van der Waals surface area (Å²) >= 11 is 6.38. The van der Waals surface area contributed by atoms with Crippen molar-refractivity contribution in [2.75, 3.05) is 20.3 Å². The van der Waals surface area contributed by atoms with Gasteiger partial charge in [0.05, 0.1) is 19.3 Å². The summed E-state index contributed by atoms with van der Waals surface area (Å²) in [7, 11) is 1.71. The second-order valence-electron chi connectivity index (χ2n) is 4.85. The van der Waals surface area contributed by atoms with Crippen LogP contribution in [0.3, 0.4) is 0 Å². The first-order chi connectivity index (χ1) is 7.29. The van der Waals surface area contributed by atoms with Gasteiger partial charge in [0.1, 0.15) is 0 Å². The highest BCUT2D eigenvalue weighted by molar-refractivity contribution is 6.21. The summed E-state index contributed by atoms with van der Waals surface area (Å²) in [5, 5.41) is 0.352. The van der Waals surface area contributed by atoms with Crippen molar-refractivity contribution < 1.29 is 9.47 Å². The smallest absolute Gasteiger partial charge is 0.0704 e. The fourth-order valence-corrected chi connectivity index (χ4v) is 3.57. The van der Waals surface area contributed by atoms with Crippen LogP contribution in [0.1, 0.15) is 38.5 Å². The van der Waals surface area contributed by atoms with Crippen LogP contribution in [0, 0.1) is 5.41 Å². The molecular formula is C12H21ClO2. The Morgan fingerprint density at radius 1 is 1.20 bits per heavy atom. The normalized spacial score (nSPS) is 34.0. The molecule has 0 aromatic rings. The van der Waals surface area contributed by atoms with E-state index in [-0.39, 0.29) is 0 Å². The lowest BCUT2D eigenvalue weighted by Gasteiger charge is -2.55. The Hall–Kier alpha value is 0.210. The van der Waals surface area contributed by atoms with Gasteiger partial charge in [0.2, 0.25) is 0 Å². The van der Waals surface area contributed by atoms with Crippen molar-refractivity contribution in [3.05, 3.63) is 0 Å². The molecule has 0 heterocycles. The first kappa shape index (κ1) is 11.7. The van der Waals surface area contributed by atoms with E-state index in [0.717, 1.165) is 6.42 Å². The van der Waals surface area contributed by atoms with E-state index in [4.69, 9.17) is 21.1 Å². The van der Waals surface area contributed by atoms with E-state index >= 15 is 0 Å². The van der Waals surface area contributed by atoms with Crippen molar-refractivity contribution in [2.24, 2.45) is 5.41 Å². The summed E-state index contributed by atoms with van der Waals surface area (Å²) in [5.41, 5.74) is 0.313. The third-order valence-corrected chi connectivity index (χ3v) is 4.69. The molecular weight excluding hydrogens is 212 g/mol. The van der Waals surface area contributed by atoms with Gasteiger partial charge in [-0.1, -0.05) is 19.3 Å². The summed E-state index contributed by atoms with van der Waals surface area (Å²) in [6.07, 6.45) is 7.98. The Labute approximate surface area is 97.3 Å². The van der Waals surface area contributed by atoms with Gasteiger partial charge >= 0.3 is 0 Å². The number of ether oxygens (including phenoxy) is 2. The SMILES string of the molecule is COCCOC1CC(Cl)C12CCCCC2. The average Bonchev–Trinajstić information content (AvgIpc) is 2.29. The van der Waals surface area contributed by atoms with Crippen LogP contribution in [0.4, 0.5) is 0 Å². The van der Waals surface area contributed by atoms with E-state index in [1.807, 2.05) is 0 Å². The average molecular weight is 233 g/mol. The highest BCUT2D eigenvalue weighted by Gasteiger charge is 2.54. The molecule has 2 aliphatic rings. The summed E-state index contributed by atoms with van der Waals surface area (Å²) in [6, 6.07) is 0. The standard InChI is InChI=1S/C12H21ClO2/c1-14-7-8-15-11-9-10(13)12(11)5-3-2-4-6-12/h10-11H,2-9H2,1H3. The molecule has 0 aromatic carbocycles. The maximum Gasteiger partial charge on any atom is 0.0704 e. The number of halogens is 1. The highest BCUT2D eigenvalue weighted by atomic mass is 35.5. The zero-order valence-electron chi connectivity index (χ0n) is 9.51. The van der Waals surface area contributed by atoms with E-state index in [0.29, 0.717) is 30.1 Å². The Morgan fingerprint density at radius 3 is 2.53 bits per heavy atom. The maximum atomic E-state index is 6.38. The van der Waals surface area contributed by atoms with Gasteiger partial charge in [-0.2, -0.15) is 0 Å². The van der Waals surface area contributed by atoms with Gasteiger partial charge in [0.25, 0.3) is 0 Å². The summed E-state index contributed by atoms with van der Waals surface area (Å²) in [5.74, 6) is 0. The lowest BCUT2D eigenvalue weighted by molar-refractivity contribution is -0.131. The van der Waals surface area contributed by atoms with Crippen molar-refractivity contribution in [3.63, 3.8) is 0 Å². The van der Waals surface area contributed by atoms with Crippen LogP contribution in [0.25, 0.3) is 0 Å². The van der Waals surface area contributed by atoms with Crippen LogP contribution in [-0.4, -0.2) is 31.8 Å². The Bertz CT molecular complexity index is 202. The van der Waals surface area contributed by atoms with Crippen LogP contribution in [0.15, 0.2) is 0 Å². The Kier molecular flexibility index (Phi) is 3.92. The van der Waals surface area contributed by atoms with Crippen molar-refractivity contribution >= 4 is 11.6 Å². The van der Waals surface area contributed by atoms with Gasteiger partial charge < -0.3 is 9.47 Å². The van der Waals surface area contributed by atoms with E-state index in [1.165, 1.54) is 32.1 Å². The highest BCUT2D eigenvalue weighted by Crippen LogP contribution is 2.55. The molecule has 0 amide bonds. The lowest BCUT2D eigenvalue weighted by Crippen LogP contribution is -2.56. The summed E-state index contributed by atoms with van der Waals surface area (Å²) in [6.45, 7) is 1.41. The predicted molar refractivity (Wildman–Crippen MR) is 61.4 cm³/mol. The van der Waals surface area contributed by atoms with Crippen molar-refractivity contribution in [2.45, 2.75) is 50.0 Å². The van der Waals surface area contributed by atoms with Crippen molar-refractivity contribution in [1.82, 2.24) is 0 Å². The lowest BCUT2D eigenvalue weighted by atomic mass is 9.58. The summed E-state index contributed by atoms with van der Waals surface area (Å²) in [4.78, 5) is 0. The molecule has 2 aliphatic carbocycles. The van der Waals surface area contributed by atoms with Crippen molar-refractivity contribution in [1.29, 1.82) is 0 Å². The first-order valence-corrected chi connectivity index (χ1v) is 6.48. The molecule has 2 fully saturated rings. The molecule has 0 saturated heterocycles. The van der Waals surface area contributed by atoms with Crippen LogP contribution in [-0.2, 0) is 9.47 Å². The maximum absolute atomic E-state index is 6.38. The monoisotopic (exact) mass is 232 g/mol. The van der Waals surface area contributed by atoms with Crippen LogP contribution < -0.4 is 0 Å². The predicted octanol–water partition coefficient (Wildman–Crippen LogP) is 2.98. The van der Waals surface area contributed by atoms with Gasteiger partial charge in [-0.05, 0) is 19.3 Å². The number of alkyl halides is 1. The zero-order chi connectivity index (χ0) is 10.7. The third kappa shape index (κ3) is 2.17. The fourth-order valence-electron chi connectivity index (χ4n) is 3.05. The van der Waals surface area contributed by atoms with E-state index in [1.54, 1.807) is 7.11 Å². The first-order valence-electron chi connectivity index (χ1n) is 6.04. The molecule has 2 rings (SSSR count). The third-order valence-electron chi connectivity index (χ3n) is 4.08. The molecule has 88 valence electrons. The quantitative estimate of drug-likeness (QED) is 0.548. The Morgan fingerprint density at radius 2 is 1.93 bits per heavy atom. The van der Waals surface area contributed by atoms with Gasteiger partial charge in [-0.15, -0.1) is 11.6 Å². The van der Waals surface area contributed by atoms with E-state index < -0.39 is 0 Å². The number of hydrogen-bond acceptors (Lipinski definition) is 2. The largest absolute Gasteiger partial charge is 0.382 e. The van der Waals surface area contributed by atoms with Gasteiger partial charge in [0, 0.05) is 17.9 Å². The minimum atomic E-state index is 0.313. The van der Waals surface area contributed by atoms with Gasteiger partial charge in [0.15, 0.2) is 0 Å². The minimum absolute atomic E-state index is 0.313. The molecule has 15 heavy (non-hydrogen) atoms. The molecule has 0 N–H and O–H groups in total. The molecule has 2 atom stereocenters. The van der Waals surface area contributed by atoms with Crippen LogP contribution in [0.5, 0.6) is 0 Å². The van der Waals surface area contributed by atoms with Crippen LogP contribution >= 0.6 is 11.6 Å². The molecule has 0 radical (unpaired) electrons. The second kappa shape index (κ2) is 5.03. The molecule has 0 aromatic heterocycles. The molecule has 2 saturated carbocycles. The second-order valence-corrected chi connectivity index (χ2v) is 5.38. The minimum Gasteiger partial charge on any atom is -0.382 e.